The molecule has 6 bridgehead atoms. The number of nitrogens with zero attached hydrogens (tertiary/aromatic N) is 3. The first-order valence-corrected chi connectivity index (χ1v) is 14.5. The first-order valence-electron chi connectivity index (χ1n) is 14.5. The van der Waals surface area contributed by atoms with Gasteiger partial charge in [0, 0.05) is 24.8 Å². The quantitative estimate of drug-likeness (QED) is 0.358. The molecule has 1 atom stereocenters. The van der Waals surface area contributed by atoms with Crippen molar-refractivity contribution in [3.8, 4) is 17.5 Å². The van der Waals surface area contributed by atoms with Gasteiger partial charge in [0.05, 0.1) is 25.4 Å². The van der Waals surface area contributed by atoms with E-state index in [9.17, 15) is 4.79 Å². The number of fused-ring (bicyclic) bond motifs is 10. The standard InChI is InChI=1S/C30H39N7O4/c1-2-39-30-36-28-33-19-21-7-10-24(11-8-21)40-15-5-3-4-6-16-41-26-17-23(34-29(35-28)37-30)9-12-25(26)27(38)32-20-22-13-14-31-18-22/h7-12,17,22,31H,2-6,13-16,18-20H2,1H3,(H,32,38)(H2,33,34,35,36,37). The van der Waals surface area contributed by atoms with Crippen molar-refractivity contribution < 1.29 is 19.0 Å². The number of hydrogen-bond donors (Lipinski definition) is 4. The van der Waals surface area contributed by atoms with Gasteiger partial charge in [0.15, 0.2) is 0 Å². The van der Waals surface area contributed by atoms with Gasteiger partial charge >= 0.3 is 6.01 Å². The van der Waals surface area contributed by atoms with E-state index < -0.39 is 0 Å². The molecule has 0 spiro atoms. The Morgan fingerprint density at radius 2 is 1.80 bits per heavy atom. The maximum Gasteiger partial charge on any atom is 0.323 e. The third-order valence-corrected chi connectivity index (χ3v) is 7.02. The van der Waals surface area contributed by atoms with E-state index in [1.165, 1.54) is 0 Å². The molecule has 0 saturated carbocycles. The minimum absolute atomic E-state index is 0.141. The second-order valence-electron chi connectivity index (χ2n) is 10.2. The number of hydrogen-bond acceptors (Lipinski definition) is 10. The van der Waals surface area contributed by atoms with Gasteiger partial charge in [0.2, 0.25) is 11.9 Å². The molecule has 6 rings (SSSR count). The molecule has 0 aliphatic carbocycles. The Kier molecular flexibility index (Phi) is 10.0. The molecule has 1 fully saturated rings. The summed E-state index contributed by atoms with van der Waals surface area (Å²) in [5.74, 6) is 2.37. The van der Waals surface area contributed by atoms with Crippen molar-refractivity contribution in [2.45, 2.75) is 45.6 Å². The molecule has 3 aliphatic rings. The van der Waals surface area contributed by atoms with Crippen LogP contribution in [-0.2, 0) is 6.54 Å². The summed E-state index contributed by atoms with van der Waals surface area (Å²) in [7, 11) is 0. The van der Waals surface area contributed by atoms with Gasteiger partial charge in [0.25, 0.3) is 5.91 Å². The van der Waals surface area contributed by atoms with E-state index >= 15 is 0 Å². The van der Waals surface area contributed by atoms with Crippen LogP contribution in [0, 0.1) is 5.92 Å². The number of amides is 1. The number of anilines is 3. The van der Waals surface area contributed by atoms with Gasteiger partial charge in [-0.3, -0.25) is 4.79 Å². The molecule has 1 aromatic heterocycles. The summed E-state index contributed by atoms with van der Waals surface area (Å²) in [6.45, 7) is 6.55. The van der Waals surface area contributed by atoms with E-state index in [1.807, 2.05) is 43.3 Å². The molecule has 1 unspecified atom stereocenters. The summed E-state index contributed by atoms with van der Waals surface area (Å²) in [5, 5.41) is 12.9. The molecule has 4 N–H and O–H groups in total. The highest BCUT2D eigenvalue weighted by Gasteiger charge is 2.19. The molecule has 1 amide bonds. The Balaban J connectivity index is 1.37. The summed E-state index contributed by atoms with van der Waals surface area (Å²) in [6, 6.07) is 13.6. The van der Waals surface area contributed by atoms with Crippen LogP contribution in [-0.4, -0.2) is 60.3 Å². The molecule has 3 aliphatic heterocycles. The topological polar surface area (TPSA) is 132 Å². The fraction of sp³-hybridized carbons (Fsp3) is 0.467. The first kappa shape index (κ1) is 28.4. The molecule has 3 aromatic rings. The van der Waals surface area contributed by atoms with Gasteiger partial charge in [0.1, 0.15) is 11.5 Å². The number of carbonyl (C=O) groups excluding carboxylic acids is 1. The van der Waals surface area contributed by atoms with Crippen LogP contribution in [0.3, 0.4) is 0 Å². The summed E-state index contributed by atoms with van der Waals surface area (Å²) in [5.41, 5.74) is 2.26. The molecule has 4 heterocycles. The van der Waals surface area contributed by atoms with E-state index in [4.69, 9.17) is 14.2 Å². The Bertz CT molecular complexity index is 1280. The number of aromatic nitrogens is 3. The van der Waals surface area contributed by atoms with E-state index in [0.29, 0.717) is 67.7 Å². The highest BCUT2D eigenvalue weighted by atomic mass is 16.5. The molecule has 11 nitrogen and oxygen atoms in total. The fourth-order valence-corrected chi connectivity index (χ4v) is 4.76. The summed E-state index contributed by atoms with van der Waals surface area (Å²) in [4.78, 5) is 26.5. The highest BCUT2D eigenvalue weighted by Crippen LogP contribution is 2.27. The second-order valence-corrected chi connectivity index (χ2v) is 10.2. The summed E-state index contributed by atoms with van der Waals surface area (Å²) in [6.07, 6.45) is 4.96. The maximum absolute atomic E-state index is 13.1. The molecule has 11 heteroatoms. The number of carbonyl (C=O) groups is 1. The highest BCUT2D eigenvalue weighted by molar-refractivity contribution is 5.97. The molecule has 0 radical (unpaired) electrons. The zero-order valence-corrected chi connectivity index (χ0v) is 23.6. The van der Waals surface area contributed by atoms with Crippen LogP contribution in [0.1, 0.15) is 54.9 Å². The summed E-state index contributed by atoms with van der Waals surface area (Å²) >= 11 is 0. The largest absolute Gasteiger partial charge is 0.494 e. The van der Waals surface area contributed by atoms with E-state index in [2.05, 4.69) is 36.2 Å². The smallest absolute Gasteiger partial charge is 0.323 e. The van der Waals surface area contributed by atoms with Gasteiger partial charge in [-0.1, -0.05) is 12.1 Å². The van der Waals surface area contributed by atoms with Gasteiger partial charge in [-0.25, -0.2) is 0 Å². The van der Waals surface area contributed by atoms with Gasteiger partial charge in [-0.15, -0.1) is 0 Å². The van der Waals surface area contributed by atoms with E-state index in [1.54, 1.807) is 6.07 Å². The minimum atomic E-state index is -0.141. The minimum Gasteiger partial charge on any atom is -0.494 e. The van der Waals surface area contributed by atoms with Gasteiger partial charge < -0.3 is 35.5 Å². The Hall–Kier alpha value is -4.12. The number of rotatable bonds is 5. The van der Waals surface area contributed by atoms with E-state index in [0.717, 1.165) is 56.5 Å². The Morgan fingerprint density at radius 1 is 1.00 bits per heavy atom. The molecule has 218 valence electrons. The van der Waals surface area contributed by atoms with Crippen molar-refractivity contribution in [2.24, 2.45) is 5.92 Å². The van der Waals surface area contributed by atoms with Crippen LogP contribution in [0.25, 0.3) is 0 Å². The third-order valence-electron chi connectivity index (χ3n) is 7.02. The summed E-state index contributed by atoms with van der Waals surface area (Å²) < 4.78 is 17.7. The normalized spacial score (nSPS) is 17.6. The van der Waals surface area contributed by atoms with Crippen molar-refractivity contribution in [3.63, 3.8) is 0 Å². The van der Waals surface area contributed by atoms with E-state index in [-0.39, 0.29) is 11.9 Å². The third kappa shape index (κ3) is 8.43. The Labute approximate surface area is 240 Å². The van der Waals surface area contributed by atoms with Crippen molar-refractivity contribution in [1.82, 2.24) is 25.6 Å². The van der Waals surface area contributed by atoms with Gasteiger partial charge in [-0.05, 0) is 87.9 Å². The van der Waals surface area contributed by atoms with Crippen LogP contribution >= 0.6 is 0 Å². The average molecular weight is 562 g/mol. The van der Waals surface area contributed by atoms with Crippen molar-refractivity contribution in [1.29, 1.82) is 0 Å². The molecule has 41 heavy (non-hydrogen) atoms. The van der Waals surface area contributed by atoms with Crippen LogP contribution in [0.2, 0.25) is 0 Å². The lowest BCUT2D eigenvalue weighted by Gasteiger charge is -2.16. The lowest BCUT2D eigenvalue weighted by atomic mass is 10.1. The SMILES string of the molecule is CCOc1nc2nc(n1)Nc1ccc(C(=O)NCC3CCNC3)c(c1)OCCCCCCOc1ccc(cc1)CN2. The first-order chi connectivity index (χ1) is 20.2. The Morgan fingerprint density at radius 3 is 2.59 bits per heavy atom. The molecule has 1 saturated heterocycles. The lowest BCUT2D eigenvalue weighted by molar-refractivity contribution is 0.0944. The van der Waals surface area contributed by atoms with Crippen molar-refractivity contribution >= 4 is 23.5 Å². The van der Waals surface area contributed by atoms with Crippen molar-refractivity contribution in [3.05, 3.63) is 53.6 Å². The monoisotopic (exact) mass is 561 g/mol. The maximum atomic E-state index is 13.1. The number of ether oxygens (including phenoxy) is 3. The zero-order valence-electron chi connectivity index (χ0n) is 23.6. The van der Waals surface area contributed by atoms with Crippen LogP contribution in [0.5, 0.6) is 17.5 Å². The van der Waals surface area contributed by atoms with Gasteiger partial charge in [-0.2, -0.15) is 15.0 Å². The number of nitrogens with one attached hydrogen (secondary N) is 4. The predicted octanol–water partition coefficient (Wildman–Crippen LogP) is 4.30. The lowest BCUT2D eigenvalue weighted by Crippen LogP contribution is -2.30. The molecular weight excluding hydrogens is 522 g/mol. The van der Waals surface area contributed by atoms with Crippen LogP contribution in [0.4, 0.5) is 17.6 Å². The molecular formula is C30H39N7O4. The predicted molar refractivity (Wildman–Crippen MR) is 157 cm³/mol. The fourth-order valence-electron chi connectivity index (χ4n) is 4.76. The van der Waals surface area contributed by atoms with Crippen LogP contribution < -0.4 is 35.5 Å². The second kappa shape index (κ2) is 14.5. The zero-order chi connectivity index (χ0) is 28.3. The number of benzene rings is 2. The van der Waals surface area contributed by atoms with Crippen LogP contribution in [0.15, 0.2) is 42.5 Å². The van der Waals surface area contributed by atoms with Crippen molar-refractivity contribution in [2.75, 3.05) is 50.1 Å². The average Bonchev–Trinajstić information content (AvgIpc) is 3.50. The molecule has 2 aromatic carbocycles.